The predicted octanol–water partition coefficient (Wildman–Crippen LogP) is 1.83. The van der Waals surface area contributed by atoms with E-state index in [0.717, 1.165) is 12.0 Å². The van der Waals surface area contributed by atoms with E-state index in [1.54, 1.807) is 0 Å². The molecule has 1 fully saturated rings. The summed E-state index contributed by atoms with van der Waals surface area (Å²) in [4.78, 5) is 23.2. The summed E-state index contributed by atoms with van der Waals surface area (Å²) in [6, 6.07) is 7.81. The molecule has 2 rings (SSSR count). The molecule has 1 heterocycles. The Hall–Kier alpha value is -2.04. The van der Waals surface area contributed by atoms with E-state index in [0.29, 0.717) is 0 Å². The highest BCUT2D eigenvalue weighted by atomic mass is 16.6. The van der Waals surface area contributed by atoms with Gasteiger partial charge in [0, 0.05) is 0 Å². The van der Waals surface area contributed by atoms with Crippen molar-refractivity contribution in [3.8, 4) is 0 Å². The van der Waals surface area contributed by atoms with Crippen molar-refractivity contribution in [2.45, 2.75) is 19.4 Å². The molecule has 0 aliphatic carbocycles. The van der Waals surface area contributed by atoms with E-state index in [4.69, 9.17) is 9.84 Å². The third-order valence-electron chi connectivity index (χ3n) is 2.97. The van der Waals surface area contributed by atoms with E-state index in [-0.39, 0.29) is 19.2 Å². The molecule has 1 aliphatic heterocycles. The van der Waals surface area contributed by atoms with Crippen LogP contribution in [0.15, 0.2) is 24.3 Å². The second-order valence-electron chi connectivity index (χ2n) is 4.24. The van der Waals surface area contributed by atoms with E-state index in [2.05, 4.69) is 6.92 Å². The summed E-state index contributed by atoms with van der Waals surface area (Å²) < 4.78 is 5.16. The molecule has 1 aromatic rings. The molecule has 0 aromatic heterocycles. The molecular formula is C13H15NO4. The molecule has 5 nitrogen and oxygen atoms in total. The molecular weight excluding hydrogens is 234 g/mol. The zero-order valence-electron chi connectivity index (χ0n) is 10.1. The minimum atomic E-state index is -1.03. The van der Waals surface area contributed by atoms with Crippen LogP contribution in [0.25, 0.3) is 0 Å². The van der Waals surface area contributed by atoms with Gasteiger partial charge in [0.25, 0.3) is 0 Å². The molecule has 96 valence electrons. The number of carboxylic acid groups (broad SMARTS) is 1. The average molecular weight is 249 g/mol. The van der Waals surface area contributed by atoms with Gasteiger partial charge in [-0.3, -0.25) is 9.69 Å². The second-order valence-corrected chi connectivity index (χ2v) is 4.24. The molecule has 0 radical (unpaired) electrons. The van der Waals surface area contributed by atoms with Gasteiger partial charge in [-0.1, -0.05) is 31.2 Å². The van der Waals surface area contributed by atoms with Crippen molar-refractivity contribution >= 4 is 12.1 Å². The normalized spacial score (nSPS) is 18.8. The summed E-state index contributed by atoms with van der Waals surface area (Å²) in [6.45, 7) is 2.04. The Labute approximate surface area is 105 Å². The minimum Gasteiger partial charge on any atom is -0.480 e. The van der Waals surface area contributed by atoms with Gasteiger partial charge in [0.15, 0.2) is 0 Å². The number of ether oxygens (including phenoxy) is 1. The highest BCUT2D eigenvalue weighted by molar-refractivity contribution is 5.78. The molecule has 0 bridgehead atoms. The Bertz CT molecular complexity index is 455. The number of benzene rings is 1. The van der Waals surface area contributed by atoms with E-state index >= 15 is 0 Å². The third-order valence-corrected chi connectivity index (χ3v) is 2.97. The number of cyclic esters (lactones) is 1. The van der Waals surface area contributed by atoms with Crippen LogP contribution >= 0.6 is 0 Å². The molecule has 1 N–H and O–H groups in total. The first-order valence-corrected chi connectivity index (χ1v) is 5.86. The number of hydrogen-bond donors (Lipinski definition) is 1. The summed E-state index contributed by atoms with van der Waals surface area (Å²) >= 11 is 0. The van der Waals surface area contributed by atoms with Gasteiger partial charge in [0.05, 0.1) is 6.54 Å². The van der Waals surface area contributed by atoms with Crippen LogP contribution in [0.4, 0.5) is 4.79 Å². The van der Waals surface area contributed by atoms with Crippen LogP contribution in [0, 0.1) is 0 Å². The van der Waals surface area contributed by atoms with Crippen LogP contribution in [-0.4, -0.2) is 35.2 Å². The number of carbonyl (C=O) groups excluding carboxylic acids is 1. The van der Waals surface area contributed by atoms with E-state index in [1.165, 1.54) is 10.5 Å². The fourth-order valence-corrected chi connectivity index (χ4v) is 1.94. The van der Waals surface area contributed by atoms with Gasteiger partial charge < -0.3 is 9.84 Å². The number of aliphatic carboxylic acids is 1. The lowest BCUT2D eigenvalue weighted by Gasteiger charge is -2.10. The Morgan fingerprint density at radius 1 is 1.44 bits per heavy atom. The summed E-state index contributed by atoms with van der Waals surface area (Å²) in [6.07, 6.45) is 0.0142. The van der Waals surface area contributed by atoms with Crippen LogP contribution in [0.3, 0.4) is 0 Å². The second kappa shape index (κ2) is 5.08. The lowest BCUT2D eigenvalue weighted by Crippen LogP contribution is -2.30. The lowest BCUT2D eigenvalue weighted by atomic mass is 10.1. The molecule has 1 saturated heterocycles. The largest absolute Gasteiger partial charge is 0.480 e. The van der Waals surface area contributed by atoms with Crippen molar-refractivity contribution < 1.29 is 19.4 Å². The van der Waals surface area contributed by atoms with Crippen LogP contribution in [0.1, 0.15) is 24.2 Å². The molecule has 0 spiro atoms. The highest BCUT2D eigenvalue weighted by Crippen LogP contribution is 2.26. The number of carbonyl (C=O) groups is 2. The van der Waals surface area contributed by atoms with Gasteiger partial charge >= 0.3 is 12.1 Å². The molecule has 18 heavy (non-hydrogen) atoms. The quantitative estimate of drug-likeness (QED) is 0.884. The first-order chi connectivity index (χ1) is 8.60. The summed E-state index contributed by atoms with van der Waals surface area (Å²) in [5.74, 6) is -1.03. The predicted molar refractivity (Wildman–Crippen MR) is 64.3 cm³/mol. The number of rotatable bonds is 4. The third kappa shape index (κ3) is 2.61. The molecule has 1 unspecified atom stereocenters. The van der Waals surface area contributed by atoms with Crippen LogP contribution in [0.2, 0.25) is 0 Å². The van der Waals surface area contributed by atoms with E-state index < -0.39 is 12.1 Å². The van der Waals surface area contributed by atoms with Crippen LogP contribution < -0.4 is 0 Å². The maximum atomic E-state index is 11.5. The number of hydrogen-bond acceptors (Lipinski definition) is 3. The summed E-state index contributed by atoms with van der Waals surface area (Å²) in [5, 5.41) is 8.67. The van der Waals surface area contributed by atoms with Gasteiger partial charge in [-0.15, -0.1) is 0 Å². The maximum absolute atomic E-state index is 11.5. The number of nitrogens with zero attached hydrogens (tertiary/aromatic N) is 1. The van der Waals surface area contributed by atoms with Crippen molar-refractivity contribution in [1.82, 2.24) is 4.90 Å². The topological polar surface area (TPSA) is 66.8 Å². The standard InChI is InChI=1S/C13H15NO4/c1-2-9-3-5-10(6-4-9)11-7-14(8-12(15)16)13(17)18-11/h3-6,11H,2,7-8H2,1H3,(H,15,16). The zero-order chi connectivity index (χ0) is 13.1. The molecule has 5 heteroatoms. The first-order valence-electron chi connectivity index (χ1n) is 5.86. The van der Waals surface area contributed by atoms with Crippen LogP contribution in [-0.2, 0) is 16.0 Å². The Balaban J connectivity index is 2.06. The lowest BCUT2D eigenvalue weighted by molar-refractivity contribution is -0.137. The molecule has 1 aliphatic rings. The van der Waals surface area contributed by atoms with E-state index in [9.17, 15) is 9.59 Å². The summed E-state index contributed by atoms with van der Waals surface area (Å²) in [5.41, 5.74) is 2.11. The minimum absolute atomic E-state index is 0.288. The number of amides is 1. The Morgan fingerprint density at radius 2 is 2.11 bits per heavy atom. The van der Waals surface area contributed by atoms with Gasteiger partial charge in [0.2, 0.25) is 0 Å². The molecule has 0 saturated carbocycles. The van der Waals surface area contributed by atoms with Crippen molar-refractivity contribution in [2.75, 3.05) is 13.1 Å². The fraction of sp³-hybridized carbons (Fsp3) is 0.385. The first kappa shape index (κ1) is 12.4. The Morgan fingerprint density at radius 3 is 2.67 bits per heavy atom. The Kier molecular flexibility index (Phi) is 3.50. The van der Waals surface area contributed by atoms with Crippen LogP contribution in [0.5, 0.6) is 0 Å². The highest BCUT2D eigenvalue weighted by Gasteiger charge is 2.33. The fourth-order valence-electron chi connectivity index (χ4n) is 1.94. The maximum Gasteiger partial charge on any atom is 0.411 e. The van der Waals surface area contributed by atoms with Gasteiger partial charge in [0.1, 0.15) is 12.6 Å². The summed E-state index contributed by atoms with van der Waals surface area (Å²) in [7, 11) is 0. The zero-order valence-corrected chi connectivity index (χ0v) is 10.1. The van der Waals surface area contributed by atoms with Crippen molar-refractivity contribution in [3.05, 3.63) is 35.4 Å². The van der Waals surface area contributed by atoms with Crippen molar-refractivity contribution in [1.29, 1.82) is 0 Å². The SMILES string of the molecule is CCc1ccc(C2CN(CC(=O)O)C(=O)O2)cc1. The average Bonchev–Trinajstić information content (AvgIpc) is 2.70. The van der Waals surface area contributed by atoms with Gasteiger partial charge in [-0.25, -0.2) is 4.79 Å². The monoisotopic (exact) mass is 249 g/mol. The van der Waals surface area contributed by atoms with Gasteiger partial charge in [-0.05, 0) is 17.5 Å². The molecule has 1 aromatic carbocycles. The van der Waals surface area contributed by atoms with Crippen molar-refractivity contribution in [3.63, 3.8) is 0 Å². The van der Waals surface area contributed by atoms with E-state index in [1.807, 2.05) is 24.3 Å². The van der Waals surface area contributed by atoms with Gasteiger partial charge in [-0.2, -0.15) is 0 Å². The molecule has 1 amide bonds. The smallest absolute Gasteiger partial charge is 0.411 e. The molecule has 1 atom stereocenters. The number of carboxylic acids is 1. The number of aryl methyl sites for hydroxylation is 1. The van der Waals surface area contributed by atoms with Crippen molar-refractivity contribution in [2.24, 2.45) is 0 Å².